The van der Waals surface area contributed by atoms with Gasteiger partial charge in [-0.25, -0.2) is 9.97 Å². The summed E-state index contributed by atoms with van der Waals surface area (Å²) >= 11 is 0. The molecule has 3 heteroatoms. The fourth-order valence-corrected chi connectivity index (χ4v) is 10.2. The summed E-state index contributed by atoms with van der Waals surface area (Å²) in [5, 5.41) is 12.4. The predicted molar refractivity (Wildman–Crippen MR) is 274 cm³/mol. The molecule has 0 N–H and O–H groups in total. The first-order valence-corrected chi connectivity index (χ1v) is 22.2. The smallest absolute Gasteiger partial charge is 0.160 e. The van der Waals surface area contributed by atoms with Crippen molar-refractivity contribution in [2.45, 2.75) is 0 Å². The van der Waals surface area contributed by atoms with E-state index in [0.717, 1.165) is 39.2 Å². The molecule has 65 heavy (non-hydrogen) atoms. The van der Waals surface area contributed by atoms with E-state index in [1.54, 1.807) is 0 Å². The van der Waals surface area contributed by atoms with E-state index < -0.39 is 0 Å². The first-order chi connectivity index (χ1) is 32.2. The molecule has 0 fully saturated rings. The van der Waals surface area contributed by atoms with E-state index in [-0.39, 0.29) is 0 Å². The number of aromatic nitrogens is 3. The van der Waals surface area contributed by atoms with E-state index >= 15 is 0 Å². The maximum absolute atomic E-state index is 5.28. The Hall–Kier alpha value is -8.66. The molecular weight excluding hydrogens is 787 g/mol. The highest BCUT2D eigenvalue weighted by Crippen LogP contribution is 2.42. The summed E-state index contributed by atoms with van der Waals surface area (Å²) in [6.07, 6.45) is 0. The molecule has 0 bridgehead atoms. The molecule has 0 spiro atoms. The lowest BCUT2D eigenvalue weighted by Crippen LogP contribution is -1.97. The Balaban J connectivity index is 0.913. The van der Waals surface area contributed by atoms with Crippen molar-refractivity contribution < 1.29 is 0 Å². The SMILES string of the molecule is c1ccc(-c2nc(-c3ccc(-n4c5ccccc5c5ccccc54)cc3)cc(-c3ccc(-c4ccc(-c5c6ccccc6cc6c5ccc5ccccc56)cc4)c4ccccc34)n2)cc1. The van der Waals surface area contributed by atoms with Crippen LogP contribution in [-0.4, -0.2) is 14.5 Å². The van der Waals surface area contributed by atoms with E-state index in [1.807, 2.05) is 18.2 Å². The van der Waals surface area contributed by atoms with Gasteiger partial charge in [0.15, 0.2) is 5.82 Å². The van der Waals surface area contributed by atoms with Gasteiger partial charge < -0.3 is 4.57 Å². The van der Waals surface area contributed by atoms with E-state index in [2.05, 4.69) is 223 Å². The molecule has 302 valence electrons. The second-order valence-corrected chi connectivity index (χ2v) is 16.9. The maximum Gasteiger partial charge on any atom is 0.160 e. The molecule has 3 nitrogen and oxygen atoms in total. The summed E-state index contributed by atoms with van der Waals surface area (Å²) in [4.78, 5) is 10.5. The molecule has 0 radical (unpaired) electrons. The zero-order valence-corrected chi connectivity index (χ0v) is 35.4. The molecule has 0 amide bonds. The third-order valence-corrected chi connectivity index (χ3v) is 13.2. The van der Waals surface area contributed by atoms with Gasteiger partial charge in [-0.2, -0.15) is 0 Å². The predicted octanol–water partition coefficient (Wildman–Crippen LogP) is 16.5. The van der Waals surface area contributed by atoms with Crippen LogP contribution in [-0.2, 0) is 0 Å². The van der Waals surface area contributed by atoms with E-state index in [9.17, 15) is 0 Å². The van der Waals surface area contributed by atoms with Crippen molar-refractivity contribution in [1.82, 2.24) is 14.5 Å². The molecule has 0 aliphatic rings. The Morgan fingerprint density at radius 1 is 0.277 bits per heavy atom. The van der Waals surface area contributed by atoms with Crippen molar-refractivity contribution in [1.29, 1.82) is 0 Å². The molecule has 2 heterocycles. The van der Waals surface area contributed by atoms with Crippen LogP contribution in [0.1, 0.15) is 0 Å². The highest BCUT2D eigenvalue weighted by atomic mass is 15.0. The Labute approximate surface area is 376 Å². The molecule has 11 aromatic carbocycles. The summed E-state index contributed by atoms with van der Waals surface area (Å²) in [5.74, 6) is 0.697. The Morgan fingerprint density at radius 3 is 1.54 bits per heavy atom. The fourth-order valence-electron chi connectivity index (χ4n) is 10.2. The quantitative estimate of drug-likeness (QED) is 0.123. The zero-order chi connectivity index (χ0) is 42.8. The number of hydrogen-bond donors (Lipinski definition) is 0. The second kappa shape index (κ2) is 15.0. The van der Waals surface area contributed by atoms with Crippen molar-refractivity contribution in [2.24, 2.45) is 0 Å². The molecule has 0 aliphatic carbocycles. The van der Waals surface area contributed by atoms with Crippen LogP contribution in [0.3, 0.4) is 0 Å². The number of nitrogens with zero attached hydrogens (tertiary/aromatic N) is 3. The Kier molecular flexibility index (Phi) is 8.53. The zero-order valence-electron chi connectivity index (χ0n) is 35.4. The second-order valence-electron chi connectivity index (χ2n) is 16.9. The third kappa shape index (κ3) is 6.12. The Bertz CT molecular complexity index is 3920. The van der Waals surface area contributed by atoms with Crippen LogP contribution in [0.5, 0.6) is 0 Å². The van der Waals surface area contributed by atoms with Gasteiger partial charge in [0.2, 0.25) is 0 Å². The molecule has 0 aliphatic heterocycles. The standard InChI is InChI=1S/C62H39N3/c1-2-15-44(16-3-1)62-63-57(42-30-33-46(34-31-42)65-59-24-12-10-22-53(59)54-23-11-13-25-60(54)65)39-58(64-62)52-37-36-48(50-20-8-9-21-51(50)52)41-26-28-43(29-27-41)61-49-19-7-5-17-45(49)38-56-47-18-6-4-14-40(47)32-35-55(56)61/h1-39H. The van der Waals surface area contributed by atoms with Crippen molar-refractivity contribution in [3.05, 3.63) is 237 Å². The number of fused-ring (bicyclic) bond motifs is 8. The van der Waals surface area contributed by atoms with Gasteiger partial charge in [-0.1, -0.05) is 200 Å². The average molecular weight is 826 g/mol. The van der Waals surface area contributed by atoms with Crippen LogP contribution in [0.4, 0.5) is 0 Å². The minimum atomic E-state index is 0.697. The first kappa shape index (κ1) is 36.9. The molecule has 0 unspecified atom stereocenters. The van der Waals surface area contributed by atoms with Gasteiger partial charge in [0.25, 0.3) is 0 Å². The summed E-state index contributed by atoms with van der Waals surface area (Å²) in [5.41, 5.74) is 13.2. The largest absolute Gasteiger partial charge is 0.309 e. The topological polar surface area (TPSA) is 30.7 Å². The van der Waals surface area contributed by atoms with Crippen LogP contribution in [0.25, 0.3) is 127 Å². The lowest BCUT2D eigenvalue weighted by molar-refractivity contribution is 1.17. The molecule has 0 saturated carbocycles. The summed E-state index contributed by atoms with van der Waals surface area (Å²) in [6.45, 7) is 0. The van der Waals surface area contributed by atoms with E-state index in [1.165, 1.54) is 81.8 Å². The lowest BCUT2D eigenvalue weighted by atomic mass is 9.88. The average Bonchev–Trinajstić information content (AvgIpc) is 3.72. The Morgan fingerprint density at radius 2 is 0.815 bits per heavy atom. The molecular formula is C62H39N3. The highest BCUT2D eigenvalue weighted by Gasteiger charge is 2.18. The summed E-state index contributed by atoms with van der Waals surface area (Å²) in [6, 6.07) is 85.2. The number of benzene rings is 11. The van der Waals surface area contributed by atoms with Crippen molar-refractivity contribution >= 4 is 64.9 Å². The van der Waals surface area contributed by atoms with Gasteiger partial charge in [0, 0.05) is 33.2 Å². The third-order valence-electron chi connectivity index (χ3n) is 13.2. The highest BCUT2D eigenvalue weighted by molar-refractivity contribution is 6.20. The van der Waals surface area contributed by atoms with Gasteiger partial charge in [-0.3, -0.25) is 0 Å². The number of para-hydroxylation sites is 2. The molecule has 2 aromatic heterocycles. The molecule has 0 atom stereocenters. The summed E-state index contributed by atoms with van der Waals surface area (Å²) < 4.78 is 2.35. The minimum Gasteiger partial charge on any atom is -0.309 e. The molecule has 0 saturated heterocycles. The number of rotatable bonds is 6. The van der Waals surface area contributed by atoms with Crippen molar-refractivity contribution in [2.75, 3.05) is 0 Å². The van der Waals surface area contributed by atoms with Crippen LogP contribution in [0.15, 0.2) is 237 Å². The van der Waals surface area contributed by atoms with Crippen molar-refractivity contribution in [3.63, 3.8) is 0 Å². The van der Waals surface area contributed by atoms with Crippen molar-refractivity contribution in [3.8, 4) is 61.8 Å². The monoisotopic (exact) mass is 825 g/mol. The van der Waals surface area contributed by atoms with Crippen LogP contribution < -0.4 is 0 Å². The fraction of sp³-hybridized carbons (Fsp3) is 0. The van der Waals surface area contributed by atoms with Crippen LogP contribution >= 0.6 is 0 Å². The maximum atomic E-state index is 5.28. The first-order valence-electron chi connectivity index (χ1n) is 22.2. The van der Waals surface area contributed by atoms with E-state index in [4.69, 9.17) is 9.97 Å². The van der Waals surface area contributed by atoms with Crippen LogP contribution in [0, 0.1) is 0 Å². The number of hydrogen-bond acceptors (Lipinski definition) is 2. The molecule has 13 rings (SSSR count). The summed E-state index contributed by atoms with van der Waals surface area (Å²) in [7, 11) is 0. The van der Waals surface area contributed by atoms with Gasteiger partial charge >= 0.3 is 0 Å². The molecule has 13 aromatic rings. The normalized spacial score (nSPS) is 11.7. The van der Waals surface area contributed by atoms with Gasteiger partial charge in [-0.15, -0.1) is 0 Å². The van der Waals surface area contributed by atoms with Gasteiger partial charge in [0.05, 0.1) is 22.4 Å². The minimum absolute atomic E-state index is 0.697. The van der Waals surface area contributed by atoms with Crippen LogP contribution in [0.2, 0.25) is 0 Å². The van der Waals surface area contributed by atoms with E-state index in [0.29, 0.717) is 5.82 Å². The van der Waals surface area contributed by atoms with Gasteiger partial charge in [0.1, 0.15) is 0 Å². The van der Waals surface area contributed by atoms with Gasteiger partial charge in [-0.05, 0) is 102 Å². The lowest BCUT2D eigenvalue weighted by Gasteiger charge is -2.16.